The zero-order valence-corrected chi connectivity index (χ0v) is 8.25. The summed E-state index contributed by atoms with van der Waals surface area (Å²) < 4.78 is 0. The third-order valence-electron chi connectivity index (χ3n) is 1.98. The first-order valence-electron chi connectivity index (χ1n) is 4.21. The molecular formula is C11H9NOS. The molecule has 2 rings (SSSR count). The number of thiophene rings is 1. The van der Waals surface area contributed by atoms with Gasteiger partial charge in [0.05, 0.1) is 0 Å². The maximum Gasteiger partial charge on any atom is 0.248 e. The second-order valence-corrected chi connectivity index (χ2v) is 3.87. The van der Waals surface area contributed by atoms with E-state index in [-0.39, 0.29) is 5.91 Å². The molecule has 0 unspecified atom stereocenters. The van der Waals surface area contributed by atoms with E-state index in [4.69, 9.17) is 5.73 Å². The summed E-state index contributed by atoms with van der Waals surface area (Å²) in [6.07, 6.45) is 0. The summed E-state index contributed by atoms with van der Waals surface area (Å²) in [5.74, 6) is -0.386. The van der Waals surface area contributed by atoms with Crippen molar-refractivity contribution in [1.82, 2.24) is 0 Å². The molecule has 1 aromatic heterocycles. The summed E-state index contributed by atoms with van der Waals surface area (Å²) in [5.41, 5.74) is 6.81. The van der Waals surface area contributed by atoms with Crippen LogP contribution in [0.15, 0.2) is 41.8 Å². The van der Waals surface area contributed by atoms with E-state index in [1.54, 1.807) is 23.5 Å². The SMILES string of the molecule is NC(=O)c1ccc(-c2cccs2)cc1. The molecule has 0 spiro atoms. The molecule has 0 aliphatic carbocycles. The van der Waals surface area contributed by atoms with Crippen molar-refractivity contribution in [1.29, 1.82) is 0 Å². The van der Waals surface area contributed by atoms with E-state index in [0.717, 1.165) is 5.56 Å². The number of primary amides is 1. The summed E-state index contributed by atoms with van der Waals surface area (Å²) in [6.45, 7) is 0. The lowest BCUT2D eigenvalue weighted by Crippen LogP contribution is -2.10. The molecule has 0 fully saturated rings. The molecular weight excluding hydrogens is 194 g/mol. The average Bonchev–Trinajstić information content (AvgIpc) is 2.71. The maximum absolute atomic E-state index is 10.8. The standard InChI is InChI=1S/C11H9NOS/c12-11(13)9-5-3-8(4-6-9)10-2-1-7-14-10/h1-7H,(H2,12,13). The summed E-state index contributed by atoms with van der Waals surface area (Å²) in [4.78, 5) is 12.0. The van der Waals surface area contributed by atoms with Crippen molar-refractivity contribution in [3.8, 4) is 10.4 Å². The van der Waals surface area contributed by atoms with Crippen LogP contribution >= 0.6 is 11.3 Å². The molecule has 1 aromatic carbocycles. The average molecular weight is 203 g/mol. The van der Waals surface area contributed by atoms with Crippen molar-refractivity contribution < 1.29 is 4.79 Å². The number of nitrogens with two attached hydrogens (primary N) is 1. The fraction of sp³-hybridized carbons (Fsp3) is 0. The van der Waals surface area contributed by atoms with Crippen molar-refractivity contribution in [2.45, 2.75) is 0 Å². The molecule has 0 radical (unpaired) electrons. The third kappa shape index (κ3) is 1.67. The van der Waals surface area contributed by atoms with Crippen LogP contribution in [0.4, 0.5) is 0 Å². The van der Waals surface area contributed by atoms with Gasteiger partial charge in [-0.25, -0.2) is 0 Å². The minimum atomic E-state index is -0.386. The molecule has 0 aliphatic heterocycles. The second kappa shape index (κ2) is 3.64. The van der Waals surface area contributed by atoms with Gasteiger partial charge in [0.2, 0.25) is 5.91 Å². The zero-order valence-electron chi connectivity index (χ0n) is 7.44. The van der Waals surface area contributed by atoms with Gasteiger partial charge in [0, 0.05) is 10.4 Å². The van der Waals surface area contributed by atoms with E-state index < -0.39 is 0 Å². The second-order valence-electron chi connectivity index (χ2n) is 2.92. The Bertz CT molecular complexity index is 431. The summed E-state index contributed by atoms with van der Waals surface area (Å²) in [6, 6.07) is 11.4. The van der Waals surface area contributed by atoms with Crippen molar-refractivity contribution in [2.75, 3.05) is 0 Å². The molecule has 0 aliphatic rings. The predicted molar refractivity (Wildman–Crippen MR) is 58.3 cm³/mol. The lowest BCUT2D eigenvalue weighted by Gasteiger charge is -1.98. The highest BCUT2D eigenvalue weighted by Gasteiger charge is 2.01. The van der Waals surface area contributed by atoms with Crippen LogP contribution < -0.4 is 5.73 Å². The molecule has 3 heteroatoms. The monoisotopic (exact) mass is 203 g/mol. The molecule has 2 N–H and O–H groups in total. The van der Waals surface area contributed by atoms with Crippen LogP contribution in [0, 0.1) is 0 Å². The zero-order chi connectivity index (χ0) is 9.97. The lowest BCUT2D eigenvalue weighted by molar-refractivity contribution is 0.100. The van der Waals surface area contributed by atoms with E-state index >= 15 is 0 Å². The highest BCUT2D eigenvalue weighted by Crippen LogP contribution is 2.24. The van der Waals surface area contributed by atoms with Crippen LogP contribution in [-0.4, -0.2) is 5.91 Å². The number of carbonyl (C=O) groups is 1. The van der Waals surface area contributed by atoms with Crippen molar-refractivity contribution in [3.63, 3.8) is 0 Å². The van der Waals surface area contributed by atoms with Crippen LogP contribution in [0.5, 0.6) is 0 Å². The van der Waals surface area contributed by atoms with Crippen molar-refractivity contribution in [3.05, 3.63) is 47.3 Å². The quantitative estimate of drug-likeness (QED) is 0.800. The number of benzene rings is 1. The highest BCUT2D eigenvalue weighted by atomic mass is 32.1. The van der Waals surface area contributed by atoms with Crippen molar-refractivity contribution >= 4 is 17.2 Å². The lowest BCUT2D eigenvalue weighted by atomic mass is 10.1. The Kier molecular flexibility index (Phi) is 2.33. The minimum absolute atomic E-state index is 0.386. The fourth-order valence-electron chi connectivity index (χ4n) is 1.24. The molecule has 2 aromatic rings. The highest BCUT2D eigenvalue weighted by molar-refractivity contribution is 7.13. The van der Waals surface area contributed by atoms with Gasteiger partial charge in [0.15, 0.2) is 0 Å². The normalized spacial score (nSPS) is 10.0. The van der Waals surface area contributed by atoms with Gasteiger partial charge in [-0.15, -0.1) is 11.3 Å². The molecule has 14 heavy (non-hydrogen) atoms. The number of rotatable bonds is 2. The van der Waals surface area contributed by atoms with E-state index in [2.05, 4.69) is 0 Å². The maximum atomic E-state index is 10.8. The summed E-state index contributed by atoms with van der Waals surface area (Å²) in [7, 11) is 0. The number of carbonyl (C=O) groups excluding carboxylic acids is 1. The Balaban J connectivity index is 2.36. The van der Waals surface area contributed by atoms with Crippen LogP contribution in [0.25, 0.3) is 10.4 Å². The van der Waals surface area contributed by atoms with E-state index in [0.29, 0.717) is 5.56 Å². The van der Waals surface area contributed by atoms with Gasteiger partial charge in [-0.2, -0.15) is 0 Å². The van der Waals surface area contributed by atoms with E-state index in [1.165, 1.54) is 4.88 Å². The molecule has 70 valence electrons. The number of hydrogen-bond donors (Lipinski definition) is 1. The van der Waals surface area contributed by atoms with Gasteiger partial charge in [0.1, 0.15) is 0 Å². The van der Waals surface area contributed by atoms with Gasteiger partial charge in [-0.3, -0.25) is 4.79 Å². The summed E-state index contributed by atoms with van der Waals surface area (Å²) in [5, 5.41) is 2.03. The van der Waals surface area contributed by atoms with E-state index in [1.807, 2.05) is 29.6 Å². The van der Waals surface area contributed by atoms with Gasteiger partial charge < -0.3 is 5.73 Å². The van der Waals surface area contributed by atoms with Gasteiger partial charge in [-0.1, -0.05) is 18.2 Å². The Labute approximate surface area is 86.0 Å². The Hall–Kier alpha value is -1.61. The summed E-state index contributed by atoms with van der Waals surface area (Å²) >= 11 is 1.67. The molecule has 0 bridgehead atoms. The molecule has 1 amide bonds. The first kappa shape index (κ1) is 8.97. The van der Waals surface area contributed by atoms with Crippen LogP contribution in [-0.2, 0) is 0 Å². The number of amides is 1. The predicted octanol–water partition coefficient (Wildman–Crippen LogP) is 2.51. The Morgan fingerprint density at radius 3 is 2.36 bits per heavy atom. The smallest absolute Gasteiger partial charge is 0.248 e. The third-order valence-corrected chi connectivity index (χ3v) is 2.89. The molecule has 0 saturated heterocycles. The largest absolute Gasteiger partial charge is 0.366 e. The minimum Gasteiger partial charge on any atom is -0.366 e. The molecule has 2 nitrogen and oxygen atoms in total. The number of hydrogen-bond acceptors (Lipinski definition) is 2. The van der Waals surface area contributed by atoms with Gasteiger partial charge in [0.25, 0.3) is 0 Å². The van der Waals surface area contributed by atoms with Crippen LogP contribution in [0.3, 0.4) is 0 Å². The Morgan fingerprint density at radius 1 is 1.14 bits per heavy atom. The van der Waals surface area contributed by atoms with Crippen LogP contribution in [0.1, 0.15) is 10.4 Å². The molecule has 1 heterocycles. The molecule has 0 saturated carbocycles. The first-order chi connectivity index (χ1) is 6.77. The van der Waals surface area contributed by atoms with Crippen LogP contribution in [0.2, 0.25) is 0 Å². The van der Waals surface area contributed by atoms with Crippen molar-refractivity contribution in [2.24, 2.45) is 5.73 Å². The molecule has 0 atom stereocenters. The van der Waals surface area contributed by atoms with Gasteiger partial charge >= 0.3 is 0 Å². The topological polar surface area (TPSA) is 43.1 Å². The fourth-order valence-corrected chi connectivity index (χ4v) is 1.97. The first-order valence-corrected chi connectivity index (χ1v) is 5.09. The van der Waals surface area contributed by atoms with E-state index in [9.17, 15) is 4.79 Å². The Morgan fingerprint density at radius 2 is 1.86 bits per heavy atom. The van der Waals surface area contributed by atoms with Gasteiger partial charge in [-0.05, 0) is 29.1 Å².